The molecule has 5 nitrogen and oxygen atoms in total. The van der Waals surface area contributed by atoms with Crippen molar-refractivity contribution in [2.24, 2.45) is 0 Å². The maximum atomic E-state index is 6.25. The lowest BCUT2D eigenvalue weighted by atomic mass is 9.96. The third-order valence-corrected chi connectivity index (χ3v) is 8.74. The molecular formula is C33H36N4OS. The maximum absolute atomic E-state index is 6.25. The summed E-state index contributed by atoms with van der Waals surface area (Å²) in [4.78, 5) is 6.99. The molecule has 2 fully saturated rings. The van der Waals surface area contributed by atoms with E-state index in [0.717, 1.165) is 30.0 Å². The molecule has 6 rings (SSSR count). The van der Waals surface area contributed by atoms with Gasteiger partial charge in [0.2, 0.25) is 0 Å². The van der Waals surface area contributed by atoms with Crippen LogP contribution in [0.2, 0.25) is 0 Å². The molecule has 0 unspecified atom stereocenters. The van der Waals surface area contributed by atoms with E-state index in [1.165, 1.54) is 46.6 Å². The van der Waals surface area contributed by atoms with Crippen LogP contribution in [0.25, 0.3) is 5.69 Å². The Labute approximate surface area is 236 Å². The Bertz CT molecular complexity index is 1490. The number of thiocarbonyl (C=S) groups is 1. The summed E-state index contributed by atoms with van der Waals surface area (Å²) in [5.41, 5.74) is 9.48. The SMILES string of the molecule is Cc1cccc(-n2c(C)cc([C@@H]3[C@@H](c4ccccn4)NC(=S)N3c3ccc(OC4CCCC4)cc3)c2C)c1C. The van der Waals surface area contributed by atoms with Crippen molar-refractivity contribution >= 4 is 23.0 Å². The summed E-state index contributed by atoms with van der Waals surface area (Å²) in [6.07, 6.45) is 6.99. The number of pyridine rings is 1. The molecule has 0 spiro atoms. The van der Waals surface area contributed by atoms with Gasteiger partial charge in [0.15, 0.2) is 5.11 Å². The number of nitrogens with zero attached hydrogens (tertiary/aromatic N) is 3. The van der Waals surface area contributed by atoms with Gasteiger partial charge in [0.25, 0.3) is 0 Å². The minimum absolute atomic E-state index is 0.0564. The van der Waals surface area contributed by atoms with E-state index in [-0.39, 0.29) is 12.1 Å². The Kier molecular flexibility index (Phi) is 6.90. The minimum atomic E-state index is -0.0827. The smallest absolute Gasteiger partial charge is 0.174 e. The molecule has 0 bridgehead atoms. The fourth-order valence-corrected chi connectivity index (χ4v) is 6.61. The van der Waals surface area contributed by atoms with Crippen LogP contribution >= 0.6 is 12.2 Å². The van der Waals surface area contributed by atoms with Crippen molar-refractivity contribution in [1.29, 1.82) is 0 Å². The van der Waals surface area contributed by atoms with E-state index in [4.69, 9.17) is 21.9 Å². The standard InChI is InChI=1S/C33H36N4OS/c1-21-10-9-14-30(23(21)3)36-22(2)20-28(24(36)4)32-31(29-13-7-8-19-34-29)35-33(39)37(32)25-15-17-27(18-16-25)38-26-11-5-6-12-26/h7-10,13-20,26,31-32H,5-6,11-12H2,1-4H3,(H,35,39)/t31-,32-/m1/s1. The molecule has 1 aliphatic carbocycles. The Balaban J connectivity index is 1.43. The number of aromatic nitrogens is 2. The summed E-state index contributed by atoms with van der Waals surface area (Å²) in [7, 11) is 0. The number of hydrogen-bond donors (Lipinski definition) is 1. The van der Waals surface area contributed by atoms with Gasteiger partial charge in [0, 0.05) is 29.0 Å². The highest BCUT2D eigenvalue weighted by molar-refractivity contribution is 7.80. The van der Waals surface area contributed by atoms with Crippen molar-refractivity contribution in [1.82, 2.24) is 14.9 Å². The van der Waals surface area contributed by atoms with Crippen LogP contribution < -0.4 is 15.0 Å². The highest BCUT2D eigenvalue weighted by atomic mass is 32.1. The summed E-state index contributed by atoms with van der Waals surface area (Å²) in [5.74, 6) is 0.926. The largest absolute Gasteiger partial charge is 0.490 e. The average molecular weight is 537 g/mol. The van der Waals surface area contributed by atoms with E-state index in [1.807, 2.05) is 18.3 Å². The molecular weight excluding hydrogens is 500 g/mol. The number of aryl methyl sites for hydroxylation is 2. The Hall–Kier alpha value is -3.64. The first-order valence-corrected chi connectivity index (χ1v) is 14.4. The Morgan fingerprint density at radius 2 is 1.69 bits per heavy atom. The van der Waals surface area contributed by atoms with E-state index in [2.05, 4.69) is 97.1 Å². The van der Waals surface area contributed by atoms with Gasteiger partial charge in [-0.1, -0.05) is 18.2 Å². The Morgan fingerprint density at radius 3 is 2.41 bits per heavy atom. The van der Waals surface area contributed by atoms with Crippen molar-refractivity contribution in [3.8, 4) is 11.4 Å². The number of benzene rings is 2. The number of hydrogen-bond acceptors (Lipinski definition) is 3. The second kappa shape index (κ2) is 10.5. The molecule has 200 valence electrons. The zero-order valence-electron chi connectivity index (χ0n) is 23.1. The lowest BCUT2D eigenvalue weighted by Crippen LogP contribution is -2.29. The first-order valence-electron chi connectivity index (χ1n) is 13.9. The molecule has 2 aromatic heterocycles. The number of ether oxygens (including phenoxy) is 1. The van der Waals surface area contributed by atoms with Gasteiger partial charge in [-0.3, -0.25) is 4.98 Å². The topological polar surface area (TPSA) is 42.3 Å². The highest BCUT2D eigenvalue weighted by Gasteiger charge is 2.42. The first-order chi connectivity index (χ1) is 18.9. The second-order valence-electron chi connectivity index (χ2n) is 10.9. The summed E-state index contributed by atoms with van der Waals surface area (Å²) in [6.45, 7) is 8.78. The fraction of sp³-hybridized carbons (Fsp3) is 0.333. The molecule has 1 aliphatic heterocycles. The van der Waals surface area contributed by atoms with Crippen LogP contribution in [0.4, 0.5) is 5.69 Å². The van der Waals surface area contributed by atoms with Crippen molar-refractivity contribution in [3.05, 3.63) is 107 Å². The normalized spacial score (nSPS) is 19.5. The van der Waals surface area contributed by atoms with Gasteiger partial charge in [-0.2, -0.15) is 0 Å². The number of nitrogens with one attached hydrogen (secondary N) is 1. The predicted molar refractivity (Wildman–Crippen MR) is 162 cm³/mol. The molecule has 2 aliphatic rings. The molecule has 2 aromatic carbocycles. The van der Waals surface area contributed by atoms with E-state index in [1.54, 1.807) is 0 Å². The molecule has 0 radical (unpaired) electrons. The van der Waals surface area contributed by atoms with Crippen LogP contribution in [0, 0.1) is 27.7 Å². The monoisotopic (exact) mass is 536 g/mol. The highest BCUT2D eigenvalue weighted by Crippen LogP contribution is 2.44. The summed E-state index contributed by atoms with van der Waals surface area (Å²) in [5, 5.41) is 4.32. The lowest BCUT2D eigenvalue weighted by molar-refractivity contribution is 0.210. The second-order valence-corrected chi connectivity index (χ2v) is 11.3. The Morgan fingerprint density at radius 1 is 0.923 bits per heavy atom. The molecule has 1 saturated carbocycles. The third-order valence-electron chi connectivity index (χ3n) is 8.42. The zero-order valence-corrected chi connectivity index (χ0v) is 24.0. The molecule has 2 atom stereocenters. The predicted octanol–water partition coefficient (Wildman–Crippen LogP) is 7.60. The van der Waals surface area contributed by atoms with E-state index >= 15 is 0 Å². The van der Waals surface area contributed by atoms with Gasteiger partial charge >= 0.3 is 0 Å². The van der Waals surface area contributed by atoms with Crippen LogP contribution in [-0.4, -0.2) is 20.8 Å². The van der Waals surface area contributed by atoms with Crippen molar-refractivity contribution < 1.29 is 4.74 Å². The molecule has 3 heterocycles. The van der Waals surface area contributed by atoms with E-state index in [0.29, 0.717) is 11.2 Å². The molecule has 0 amide bonds. The lowest BCUT2D eigenvalue weighted by Gasteiger charge is -2.28. The van der Waals surface area contributed by atoms with Gasteiger partial charge in [-0.25, -0.2) is 0 Å². The van der Waals surface area contributed by atoms with Crippen LogP contribution in [0.3, 0.4) is 0 Å². The minimum Gasteiger partial charge on any atom is -0.490 e. The van der Waals surface area contributed by atoms with Crippen LogP contribution in [-0.2, 0) is 0 Å². The van der Waals surface area contributed by atoms with Crippen LogP contribution in [0.5, 0.6) is 5.75 Å². The van der Waals surface area contributed by atoms with Crippen LogP contribution in [0.1, 0.15) is 71.5 Å². The van der Waals surface area contributed by atoms with Crippen molar-refractivity contribution in [3.63, 3.8) is 0 Å². The van der Waals surface area contributed by atoms with Gasteiger partial charge in [-0.05, 0) is 131 Å². The molecule has 1 N–H and O–H groups in total. The maximum Gasteiger partial charge on any atom is 0.174 e. The first kappa shape index (κ1) is 25.6. The van der Waals surface area contributed by atoms with Gasteiger partial charge < -0.3 is 19.5 Å². The summed E-state index contributed by atoms with van der Waals surface area (Å²) < 4.78 is 8.63. The van der Waals surface area contributed by atoms with E-state index in [9.17, 15) is 0 Å². The molecule has 1 saturated heterocycles. The van der Waals surface area contributed by atoms with Crippen LogP contribution in [0.15, 0.2) is 72.9 Å². The third kappa shape index (κ3) is 4.71. The molecule has 4 aromatic rings. The van der Waals surface area contributed by atoms with Crippen molar-refractivity contribution in [2.45, 2.75) is 71.6 Å². The number of rotatable bonds is 6. The van der Waals surface area contributed by atoms with Crippen molar-refractivity contribution in [2.75, 3.05) is 4.90 Å². The molecule has 39 heavy (non-hydrogen) atoms. The fourth-order valence-electron chi connectivity index (χ4n) is 6.27. The van der Waals surface area contributed by atoms with Gasteiger partial charge in [-0.15, -0.1) is 0 Å². The quantitative estimate of drug-likeness (QED) is 0.257. The number of anilines is 1. The summed E-state index contributed by atoms with van der Waals surface area (Å²) >= 11 is 5.99. The summed E-state index contributed by atoms with van der Waals surface area (Å²) in [6, 6.07) is 23.2. The van der Waals surface area contributed by atoms with Gasteiger partial charge in [0.1, 0.15) is 5.75 Å². The average Bonchev–Trinajstić information content (AvgIpc) is 3.65. The molecule has 6 heteroatoms. The van der Waals surface area contributed by atoms with Gasteiger partial charge in [0.05, 0.1) is 23.9 Å². The van der Waals surface area contributed by atoms with E-state index < -0.39 is 0 Å². The zero-order chi connectivity index (χ0) is 27.1.